The van der Waals surface area contributed by atoms with E-state index in [1.54, 1.807) is 18.4 Å². The van der Waals surface area contributed by atoms with Crippen LogP contribution in [0, 0.1) is 0 Å². The number of esters is 1. The van der Waals surface area contributed by atoms with Gasteiger partial charge in [-0.15, -0.1) is 0 Å². The number of methoxy groups -OCH3 is 1. The van der Waals surface area contributed by atoms with E-state index < -0.39 is 6.04 Å². The summed E-state index contributed by atoms with van der Waals surface area (Å²) >= 11 is 0. The fourth-order valence-corrected chi connectivity index (χ4v) is 4.42. The number of hydrogen-bond donors (Lipinski definition) is 2. The number of nitrogens with one attached hydrogen (secondary N) is 1. The van der Waals surface area contributed by atoms with Crippen molar-refractivity contribution in [2.24, 2.45) is 0 Å². The molecule has 0 radical (unpaired) electrons. The fourth-order valence-electron chi connectivity index (χ4n) is 4.42. The van der Waals surface area contributed by atoms with E-state index >= 15 is 0 Å². The minimum atomic E-state index is -0.604. The number of hydrogen-bond acceptors (Lipinski definition) is 6. The van der Waals surface area contributed by atoms with Crippen molar-refractivity contribution in [2.75, 3.05) is 7.11 Å². The molecule has 2 N–H and O–H groups in total. The number of benzene rings is 2. The maximum atomic E-state index is 12.7. The maximum absolute atomic E-state index is 12.7. The molecule has 6 nitrogen and oxygen atoms in total. The van der Waals surface area contributed by atoms with Crippen LogP contribution in [0.5, 0.6) is 5.75 Å². The van der Waals surface area contributed by atoms with E-state index in [9.17, 15) is 9.90 Å². The average molecular weight is 474 g/mol. The highest BCUT2D eigenvalue weighted by Gasteiger charge is 2.29. The molecule has 1 aliphatic heterocycles. The minimum Gasteiger partial charge on any atom is -0.508 e. The van der Waals surface area contributed by atoms with Gasteiger partial charge in [0.15, 0.2) is 5.76 Å². The third-order valence-corrected chi connectivity index (χ3v) is 6.26. The summed E-state index contributed by atoms with van der Waals surface area (Å²) in [6.07, 6.45) is 11.1. The molecule has 6 heteroatoms. The summed E-state index contributed by atoms with van der Waals surface area (Å²) in [7, 11) is 1.39. The Kier molecular flexibility index (Phi) is 8.06. The predicted molar refractivity (Wildman–Crippen MR) is 134 cm³/mol. The summed E-state index contributed by atoms with van der Waals surface area (Å²) in [6, 6.07) is 16.6. The van der Waals surface area contributed by atoms with Crippen LogP contribution >= 0.6 is 0 Å². The number of allylic oxidation sites excluding steroid dienone is 4. The number of aromatic hydroxyl groups is 1. The lowest BCUT2D eigenvalue weighted by atomic mass is 9.84. The molecule has 3 atom stereocenters. The van der Waals surface area contributed by atoms with Gasteiger partial charge in [0.05, 0.1) is 7.11 Å². The molecule has 4 rings (SSSR count). The molecular formula is C29H31NO5. The molecule has 0 saturated heterocycles. The van der Waals surface area contributed by atoms with E-state index in [0.717, 1.165) is 29.5 Å². The topological polar surface area (TPSA) is 77.0 Å². The summed E-state index contributed by atoms with van der Waals surface area (Å²) < 4.78 is 17.0. The van der Waals surface area contributed by atoms with Gasteiger partial charge < -0.3 is 19.3 Å². The summed E-state index contributed by atoms with van der Waals surface area (Å²) in [5.41, 5.74) is 3.15. The Hall–Kier alpha value is -3.77. The lowest BCUT2D eigenvalue weighted by molar-refractivity contribution is -0.143. The van der Waals surface area contributed by atoms with Gasteiger partial charge in [-0.05, 0) is 36.1 Å². The van der Waals surface area contributed by atoms with Gasteiger partial charge in [0.25, 0.3) is 0 Å². The van der Waals surface area contributed by atoms with Crippen LogP contribution in [0.2, 0.25) is 0 Å². The summed E-state index contributed by atoms with van der Waals surface area (Å²) in [5, 5.41) is 13.1. The molecule has 2 aliphatic rings. The average Bonchev–Trinajstić information content (AvgIpc) is 2.91. The monoisotopic (exact) mass is 473 g/mol. The lowest BCUT2D eigenvalue weighted by Gasteiger charge is -2.28. The zero-order valence-electron chi connectivity index (χ0n) is 20.0. The van der Waals surface area contributed by atoms with Crippen LogP contribution in [0.4, 0.5) is 0 Å². The number of carbonyl (C=O) groups excluding carboxylic acids is 1. The normalized spacial score (nSPS) is 18.8. The Morgan fingerprint density at radius 3 is 2.63 bits per heavy atom. The van der Waals surface area contributed by atoms with Gasteiger partial charge in [0.1, 0.15) is 30.1 Å². The molecule has 0 bridgehead atoms. The number of carbonyl (C=O) groups is 1. The second kappa shape index (κ2) is 11.6. The van der Waals surface area contributed by atoms with E-state index in [1.807, 2.05) is 54.6 Å². The van der Waals surface area contributed by atoms with Crippen molar-refractivity contribution in [3.63, 3.8) is 0 Å². The van der Waals surface area contributed by atoms with Crippen LogP contribution in [-0.2, 0) is 19.0 Å². The molecule has 0 saturated carbocycles. The van der Waals surface area contributed by atoms with Crippen LogP contribution in [0.15, 0.2) is 102 Å². The second-order valence-electron chi connectivity index (χ2n) is 8.55. The van der Waals surface area contributed by atoms with Gasteiger partial charge in [-0.25, -0.2) is 0 Å². The minimum absolute atomic E-state index is 0.00881. The number of phenols is 1. The number of rotatable bonds is 9. The van der Waals surface area contributed by atoms with Crippen LogP contribution in [0.25, 0.3) is 0 Å². The second-order valence-corrected chi connectivity index (χ2v) is 8.55. The highest BCUT2D eigenvalue weighted by molar-refractivity contribution is 5.76. The Labute approximate surface area is 206 Å². The van der Waals surface area contributed by atoms with Crippen LogP contribution < -0.4 is 5.32 Å². The van der Waals surface area contributed by atoms with Gasteiger partial charge >= 0.3 is 5.97 Å². The molecular weight excluding hydrogens is 442 g/mol. The van der Waals surface area contributed by atoms with Crippen molar-refractivity contribution in [2.45, 2.75) is 44.2 Å². The molecule has 0 aromatic heterocycles. The van der Waals surface area contributed by atoms with Crippen molar-refractivity contribution in [1.29, 1.82) is 0 Å². The van der Waals surface area contributed by atoms with Crippen LogP contribution in [0.1, 0.15) is 49.3 Å². The predicted octanol–water partition coefficient (Wildman–Crippen LogP) is 5.76. The third-order valence-electron chi connectivity index (χ3n) is 6.26. The largest absolute Gasteiger partial charge is 0.508 e. The number of phenolic OH excluding ortho intramolecular Hbond substituents is 1. The third kappa shape index (κ3) is 6.03. The Balaban J connectivity index is 1.48. The first kappa shape index (κ1) is 24.4. The first-order valence-electron chi connectivity index (χ1n) is 11.9. The maximum Gasteiger partial charge on any atom is 0.323 e. The first-order valence-corrected chi connectivity index (χ1v) is 11.9. The van der Waals surface area contributed by atoms with E-state index in [2.05, 4.69) is 18.3 Å². The van der Waals surface area contributed by atoms with E-state index in [4.69, 9.17) is 14.2 Å². The zero-order chi connectivity index (χ0) is 24.6. The number of ether oxygens (including phenoxy) is 3. The molecule has 0 spiro atoms. The highest BCUT2D eigenvalue weighted by Crippen LogP contribution is 2.38. The van der Waals surface area contributed by atoms with Crippen molar-refractivity contribution in [3.05, 3.63) is 114 Å². The molecule has 0 amide bonds. The standard InChI is InChI=1S/C29H31NO5/c1-3-26(21-9-5-4-6-10-21)30-27(29(32)33-2)17-23-18-34-19-28(35-23)25-12-8-7-11-24(25)20-13-15-22(31)16-14-20/h4-10,12-16,18-19,24,26-27,30-31H,3,11,17H2,1-2H3/t24-,26+,27+/m1/s1. The van der Waals surface area contributed by atoms with Crippen LogP contribution in [-0.4, -0.2) is 24.2 Å². The Morgan fingerprint density at radius 2 is 1.91 bits per heavy atom. The Morgan fingerprint density at radius 1 is 1.14 bits per heavy atom. The fraction of sp³-hybridized carbons (Fsp3) is 0.276. The highest BCUT2D eigenvalue weighted by atomic mass is 16.5. The molecule has 182 valence electrons. The van der Waals surface area contributed by atoms with Gasteiger partial charge in [-0.3, -0.25) is 10.1 Å². The first-order chi connectivity index (χ1) is 17.1. The van der Waals surface area contributed by atoms with Gasteiger partial charge in [0.2, 0.25) is 0 Å². The molecule has 0 fully saturated rings. The summed E-state index contributed by atoms with van der Waals surface area (Å²) in [5.74, 6) is 1.07. The Bertz CT molecular complexity index is 1130. The van der Waals surface area contributed by atoms with Crippen molar-refractivity contribution in [3.8, 4) is 5.75 Å². The molecule has 2 aromatic rings. The van der Waals surface area contributed by atoms with E-state index in [1.165, 1.54) is 13.4 Å². The summed E-state index contributed by atoms with van der Waals surface area (Å²) in [4.78, 5) is 12.7. The molecule has 0 unspecified atom stereocenters. The molecule has 1 aliphatic carbocycles. The lowest BCUT2D eigenvalue weighted by Crippen LogP contribution is -2.40. The molecule has 1 heterocycles. The molecule has 35 heavy (non-hydrogen) atoms. The van der Waals surface area contributed by atoms with Gasteiger partial charge in [-0.2, -0.15) is 0 Å². The van der Waals surface area contributed by atoms with Gasteiger partial charge in [0, 0.05) is 24.0 Å². The summed E-state index contributed by atoms with van der Waals surface area (Å²) in [6.45, 7) is 2.08. The van der Waals surface area contributed by atoms with Crippen molar-refractivity contribution >= 4 is 5.97 Å². The zero-order valence-corrected chi connectivity index (χ0v) is 20.0. The SMILES string of the molecule is CC[C@H](N[C@@H](CC1=COC=C(C2=CC=CC[C@@H]2c2ccc(O)cc2)O1)C(=O)OC)c1ccccc1. The molecule has 2 aromatic carbocycles. The van der Waals surface area contributed by atoms with Crippen molar-refractivity contribution in [1.82, 2.24) is 5.32 Å². The van der Waals surface area contributed by atoms with Crippen LogP contribution in [0.3, 0.4) is 0 Å². The van der Waals surface area contributed by atoms with Crippen molar-refractivity contribution < 1.29 is 24.1 Å². The van der Waals surface area contributed by atoms with Gasteiger partial charge in [-0.1, -0.05) is 67.6 Å². The van der Waals surface area contributed by atoms with E-state index in [0.29, 0.717) is 11.5 Å². The quantitative estimate of drug-likeness (QED) is 0.451. The van der Waals surface area contributed by atoms with E-state index in [-0.39, 0.29) is 30.1 Å². The smallest absolute Gasteiger partial charge is 0.323 e.